The van der Waals surface area contributed by atoms with Gasteiger partial charge in [-0.05, 0) is 30.5 Å². The topological polar surface area (TPSA) is 49.4 Å². The quantitative estimate of drug-likeness (QED) is 0.851. The zero-order valence-corrected chi connectivity index (χ0v) is 14.3. The number of amides is 2. The molecule has 4 nitrogen and oxygen atoms in total. The molecular weight excluding hydrogens is 300 g/mol. The van der Waals surface area contributed by atoms with Crippen molar-refractivity contribution in [3.05, 3.63) is 71.3 Å². The van der Waals surface area contributed by atoms with E-state index in [-0.39, 0.29) is 11.8 Å². The third-order valence-electron chi connectivity index (χ3n) is 4.02. The average Bonchev–Trinajstić information content (AvgIpc) is 2.58. The van der Waals surface area contributed by atoms with Gasteiger partial charge in [-0.1, -0.05) is 48.5 Å². The minimum Gasteiger partial charge on any atom is -0.350 e. The lowest BCUT2D eigenvalue weighted by Crippen LogP contribution is -2.38. The van der Waals surface area contributed by atoms with Gasteiger partial charge in [0.05, 0.1) is 0 Å². The van der Waals surface area contributed by atoms with Crippen molar-refractivity contribution in [1.29, 1.82) is 0 Å². The molecule has 0 aliphatic carbocycles. The first-order chi connectivity index (χ1) is 11.6. The van der Waals surface area contributed by atoms with Crippen molar-refractivity contribution < 1.29 is 9.59 Å². The number of hydrogen-bond donors (Lipinski definition) is 1. The lowest BCUT2D eigenvalue weighted by molar-refractivity contribution is -0.128. The van der Waals surface area contributed by atoms with E-state index in [1.807, 2.05) is 49.4 Å². The molecule has 0 radical (unpaired) electrons. The summed E-state index contributed by atoms with van der Waals surface area (Å²) in [5.41, 5.74) is 2.83. The van der Waals surface area contributed by atoms with Crippen LogP contribution >= 0.6 is 0 Å². The fourth-order valence-electron chi connectivity index (χ4n) is 2.56. The average molecular weight is 324 g/mol. The molecule has 2 rings (SSSR count). The minimum atomic E-state index is -0.0975. The van der Waals surface area contributed by atoms with Crippen molar-refractivity contribution in [3.8, 4) is 0 Å². The van der Waals surface area contributed by atoms with E-state index in [0.717, 1.165) is 12.0 Å². The van der Waals surface area contributed by atoms with Gasteiger partial charge in [-0.3, -0.25) is 9.59 Å². The third kappa shape index (κ3) is 5.23. The molecule has 0 spiro atoms. The lowest BCUT2D eigenvalue weighted by Gasteiger charge is -2.21. The number of carbonyl (C=O) groups is 2. The number of hydrogen-bond acceptors (Lipinski definition) is 2. The van der Waals surface area contributed by atoms with E-state index in [4.69, 9.17) is 0 Å². The number of nitrogens with zero attached hydrogens (tertiary/aromatic N) is 1. The number of carbonyl (C=O) groups excluding carboxylic acids is 2. The van der Waals surface area contributed by atoms with E-state index in [9.17, 15) is 9.59 Å². The molecule has 0 fully saturated rings. The van der Waals surface area contributed by atoms with Crippen LogP contribution < -0.4 is 5.32 Å². The molecular formula is C20H24N2O2. The number of aryl methyl sites for hydroxylation is 1. The van der Waals surface area contributed by atoms with E-state index in [0.29, 0.717) is 25.2 Å². The molecule has 0 saturated heterocycles. The molecule has 0 atom stereocenters. The molecule has 0 aliphatic heterocycles. The van der Waals surface area contributed by atoms with Crippen molar-refractivity contribution in [2.75, 3.05) is 19.6 Å². The molecule has 24 heavy (non-hydrogen) atoms. The van der Waals surface area contributed by atoms with E-state index in [1.54, 1.807) is 11.8 Å². The predicted octanol–water partition coefficient (Wildman–Crippen LogP) is 2.82. The molecule has 0 aromatic heterocycles. The van der Waals surface area contributed by atoms with Crippen LogP contribution in [0.15, 0.2) is 54.6 Å². The first-order valence-electron chi connectivity index (χ1n) is 8.21. The summed E-state index contributed by atoms with van der Waals surface area (Å²) in [6.07, 6.45) is 0.812. The Balaban J connectivity index is 1.82. The second-order valence-corrected chi connectivity index (χ2v) is 5.81. The van der Waals surface area contributed by atoms with E-state index < -0.39 is 0 Å². The summed E-state index contributed by atoms with van der Waals surface area (Å²) in [7, 11) is 0. The van der Waals surface area contributed by atoms with Crippen LogP contribution in [0.4, 0.5) is 0 Å². The van der Waals surface area contributed by atoms with Crippen molar-refractivity contribution >= 4 is 11.8 Å². The van der Waals surface area contributed by atoms with Crippen LogP contribution in [0.2, 0.25) is 0 Å². The van der Waals surface area contributed by atoms with Crippen molar-refractivity contribution in [1.82, 2.24) is 10.2 Å². The second kappa shape index (κ2) is 8.87. The predicted molar refractivity (Wildman–Crippen MR) is 95.9 cm³/mol. The van der Waals surface area contributed by atoms with Gasteiger partial charge in [-0.15, -0.1) is 0 Å². The summed E-state index contributed by atoms with van der Waals surface area (Å²) >= 11 is 0. The van der Waals surface area contributed by atoms with Gasteiger partial charge in [0.15, 0.2) is 0 Å². The Labute approximate surface area is 143 Å². The highest BCUT2D eigenvalue weighted by Crippen LogP contribution is 2.06. The maximum Gasteiger partial charge on any atom is 0.251 e. The molecule has 4 heteroatoms. The summed E-state index contributed by atoms with van der Waals surface area (Å²) < 4.78 is 0. The standard InChI is InChI=1S/C20H24N2O2/c1-16-8-6-7-11-19(16)20(24)21-13-15-22(17(2)23)14-12-18-9-4-3-5-10-18/h3-11H,12-15H2,1-2H3,(H,21,24). The van der Waals surface area contributed by atoms with E-state index in [2.05, 4.69) is 17.4 Å². The zero-order valence-electron chi connectivity index (χ0n) is 14.3. The van der Waals surface area contributed by atoms with Crippen molar-refractivity contribution in [2.45, 2.75) is 20.3 Å². The van der Waals surface area contributed by atoms with Crippen LogP contribution in [-0.4, -0.2) is 36.3 Å². The van der Waals surface area contributed by atoms with Crippen LogP contribution in [0.3, 0.4) is 0 Å². The zero-order chi connectivity index (χ0) is 17.4. The lowest BCUT2D eigenvalue weighted by atomic mass is 10.1. The summed E-state index contributed by atoms with van der Waals surface area (Å²) in [6.45, 7) is 5.09. The summed E-state index contributed by atoms with van der Waals surface area (Å²) in [4.78, 5) is 25.7. The fraction of sp³-hybridized carbons (Fsp3) is 0.300. The molecule has 0 bridgehead atoms. The normalized spacial score (nSPS) is 10.2. The molecule has 2 amide bonds. The highest BCUT2D eigenvalue weighted by atomic mass is 16.2. The second-order valence-electron chi connectivity index (χ2n) is 5.81. The fourth-order valence-corrected chi connectivity index (χ4v) is 2.56. The molecule has 1 N–H and O–H groups in total. The SMILES string of the molecule is CC(=O)N(CCNC(=O)c1ccccc1C)CCc1ccccc1. The molecule has 0 saturated carbocycles. The highest BCUT2D eigenvalue weighted by Gasteiger charge is 2.11. The Morgan fingerprint density at radius 1 is 0.958 bits per heavy atom. The van der Waals surface area contributed by atoms with Crippen LogP contribution in [0.25, 0.3) is 0 Å². The van der Waals surface area contributed by atoms with Crippen molar-refractivity contribution in [2.24, 2.45) is 0 Å². The first kappa shape index (κ1) is 17.7. The third-order valence-corrected chi connectivity index (χ3v) is 4.02. The van der Waals surface area contributed by atoms with Gasteiger partial charge in [0, 0.05) is 32.1 Å². The monoisotopic (exact) mass is 324 g/mol. The Morgan fingerprint density at radius 2 is 1.62 bits per heavy atom. The molecule has 2 aromatic carbocycles. The Morgan fingerprint density at radius 3 is 2.29 bits per heavy atom. The van der Waals surface area contributed by atoms with Crippen LogP contribution in [0.1, 0.15) is 28.4 Å². The minimum absolute atomic E-state index is 0.0241. The van der Waals surface area contributed by atoms with Crippen molar-refractivity contribution in [3.63, 3.8) is 0 Å². The summed E-state index contributed by atoms with van der Waals surface area (Å²) in [5.74, 6) is -0.0734. The van der Waals surface area contributed by atoms with E-state index in [1.165, 1.54) is 5.56 Å². The van der Waals surface area contributed by atoms with Crippen LogP contribution in [0, 0.1) is 6.92 Å². The molecule has 0 aliphatic rings. The Bertz CT molecular complexity index is 683. The molecule has 2 aromatic rings. The Kier molecular flexibility index (Phi) is 6.55. The van der Waals surface area contributed by atoms with Gasteiger partial charge in [-0.25, -0.2) is 0 Å². The number of benzene rings is 2. The maximum atomic E-state index is 12.2. The number of nitrogens with one attached hydrogen (secondary N) is 1. The van der Waals surface area contributed by atoms with Gasteiger partial charge in [0.1, 0.15) is 0 Å². The maximum absolute atomic E-state index is 12.2. The first-order valence-corrected chi connectivity index (χ1v) is 8.21. The molecule has 0 unspecified atom stereocenters. The van der Waals surface area contributed by atoms with Gasteiger partial charge in [-0.2, -0.15) is 0 Å². The molecule has 126 valence electrons. The summed E-state index contributed by atoms with van der Waals surface area (Å²) in [6, 6.07) is 17.6. The van der Waals surface area contributed by atoms with Gasteiger partial charge in [0.25, 0.3) is 5.91 Å². The van der Waals surface area contributed by atoms with Gasteiger partial charge < -0.3 is 10.2 Å². The van der Waals surface area contributed by atoms with Gasteiger partial charge >= 0.3 is 0 Å². The van der Waals surface area contributed by atoms with Crippen LogP contribution in [0.5, 0.6) is 0 Å². The van der Waals surface area contributed by atoms with Crippen LogP contribution in [-0.2, 0) is 11.2 Å². The largest absolute Gasteiger partial charge is 0.350 e. The molecule has 0 heterocycles. The number of rotatable bonds is 7. The van der Waals surface area contributed by atoms with Gasteiger partial charge in [0.2, 0.25) is 5.91 Å². The Hall–Kier alpha value is -2.62. The highest BCUT2D eigenvalue weighted by molar-refractivity contribution is 5.95. The summed E-state index contributed by atoms with van der Waals surface area (Å²) in [5, 5.41) is 2.89. The smallest absolute Gasteiger partial charge is 0.251 e. The van der Waals surface area contributed by atoms with E-state index >= 15 is 0 Å².